The molecule has 2 heteroatoms. The zero-order valence-corrected chi connectivity index (χ0v) is 7.12. The quantitative estimate of drug-likeness (QED) is 0.654. The summed E-state index contributed by atoms with van der Waals surface area (Å²) in [5.41, 5.74) is 0. The molecule has 2 rings (SSSR count). The molecule has 1 unspecified atom stereocenters. The molecule has 2 fully saturated rings. The molecule has 2 aliphatic rings. The topological polar surface area (TPSA) is 12.0 Å². The molecule has 1 aliphatic carbocycles. The van der Waals surface area contributed by atoms with Crippen LogP contribution in [0.15, 0.2) is 0 Å². The van der Waals surface area contributed by atoms with E-state index in [1.807, 2.05) is 0 Å². The summed E-state index contributed by atoms with van der Waals surface area (Å²) in [5, 5.41) is 3.69. The lowest BCUT2D eigenvalue weighted by molar-refractivity contribution is 0.313. The Bertz CT molecular complexity index is 106. The molecule has 1 atom stereocenters. The van der Waals surface area contributed by atoms with Crippen LogP contribution in [-0.4, -0.2) is 23.6 Å². The number of rotatable bonds is 2. The van der Waals surface area contributed by atoms with E-state index >= 15 is 0 Å². The second-order valence-electron chi connectivity index (χ2n) is 3.36. The van der Waals surface area contributed by atoms with Gasteiger partial charge in [-0.05, 0) is 25.0 Å². The van der Waals surface area contributed by atoms with Gasteiger partial charge in [0.2, 0.25) is 0 Å². The van der Waals surface area contributed by atoms with Crippen LogP contribution in [0.5, 0.6) is 0 Å². The zero-order chi connectivity index (χ0) is 6.81. The van der Waals surface area contributed by atoms with Gasteiger partial charge in [0, 0.05) is 17.8 Å². The maximum atomic E-state index is 3.69. The average molecular weight is 157 g/mol. The number of nitrogens with one attached hydrogen (secondary N) is 1. The Hall–Kier alpha value is 0.310. The first-order valence-electron chi connectivity index (χ1n) is 4.29. The van der Waals surface area contributed by atoms with Crippen molar-refractivity contribution in [2.75, 3.05) is 11.5 Å². The monoisotopic (exact) mass is 157 g/mol. The van der Waals surface area contributed by atoms with Crippen molar-refractivity contribution in [3.63, 3.8) is 0 Å². The SMILES string of the molecule is C1CC(NC2CCSC2)C1. The Labute approximate surface area is 67.0 Å². The second-order valence-corrected chi connectivity index (χ2v) is 4.50. The van der Waals surface area contributed by atoms with Crippen molar-refractivity contribution in [2.45, 2.75) is 37.8 Å². The number of thioether (sulfide) groups is 1. The predicted octanol–water partition coefficient (Wildman–Crippen LogP) is 1.63. The minimum Gasteiger partial charge on any atom is -0.310 e. The highest BCUT2D eigenvalue weighted by atomic mass is 32.2. The fraction of sp³-hybridized carbons (Fsp3) is 1.00. The molecule has 58 valence electrons. The molecule has 1 N–H and O–H groups in total. The molecule has 1 saturated heterocycles. The van der Waals surface area contributed by atoms with Crippen LogP contribution in [0.2, 0.25) is 0 Å². The van der Waals surface area contributed by atoms with E-state index in [-0.39, 0.29) is 0 Å². The van der Waals surface area contributed by atoms with E-state index in [0.29, 0.717) is 0 Å². The van der Waals surface area contributed by atoms with E-state index in [0.717, 1.165) is 12.1 Å². The Morgan fingerprint density at radius 1 is 1.10 bits per heavy atom. The van der Waals surface area contributed by atoms with Gasteiger partial charge in [-0.25, -0.2) is 0 Å². The molecule has 1 saturated carbocycles. The van der Waals surface area contributed by atoms with E-state index in [1.54, 1.807) is 0 Å². The van der Waals surface area contributed by atoms with Gasteiger partial charge in [0.05, 0.1) is 0 Å². The highest BCUT2D eigenvalue weighted by molar-refractivity contribution is 7.99. The van der Waals surface area contributed by atoms with Crippen LogP contribution in [0.1, 0.15) is 25.7 Å². The van der Waals surface area contributed by atoms with Crippen LogP contribution in [0.25, 0.3) is 0 Å². The first-order chi connectivity index (χ1) is 4.95. The Morgan fingerprint density at radius 3 is 2.50 bits per heavy atom. The minimum atomic E-state index is 0.857. The molecular formula is C8H15NS. The van der Waals surface area contributed by atoms with Crippen molar-refractivity contribution < 1.29 is 0 Å². The fourth-order valence-corrected chi connectivity index (χ4v) is 2.74. The Balaban J connectivity index is 1.68. The van der Waals surface area contributed by atoms with E-state index in [9.17, 15) is 0 Å². The summed E-state index contributed by atoms with van der Waals surface area (Å²) in [5.74, 6) is 2.74. The van der Waals surface area contributed by atoms with Crippen molar-refractivity contribution in [3.8, 4) is 0 Å². The molecule has 1 aliphatic heterocycles. The normalized spacial score (nSPS) is 34.2. The second kappa shape index (κ2) is 3.14. The van der Waals surface area contributed by atoms with Crippen molar-refractivity contribution in [1.82, 2.24) is 5.32 Å². The fourth-order valence-electron chi connectivity index (χ4n) is 1.57. The van der Waals surface area contributed by atoms with Gasteiger partial charge in [0.1, 0.15) is 0 Å². The maximum Gasteiger partial charge on any atom is 0.0168 e. The zero-order valence-electron chi connectivity index (χ0n) is 6.31. The summed E-state index contributed by atoms with van der Waals surface area (Å²) in [6, 6.07) is 1.75. The van der Waals surface area contributed by atoms with Crippen molar-refractivity contribution >= 4 is 11.8 Å². The smallest absolute Gasteiger partial charge is 0.0168 e. The van der Waals surface area contributed by atoms with Crippen LogP contribution < -0.4 is 5.32 Å². The first-order valence-corrected chi connectivity index (χ1v) is 5.44. The molecule has 0 aromatic rings. The molecule has 0 radical (unpaired) electrons. The molecule has 0 spiro atoms. The van der Waals surface area contributed by atoms with Crippen molar-refractivity contribution in [1.29, 1.82) is 0 Å². The highest BCUT2D eigenvalue weighted by Crippen LogP contribution is 2.23. The van der Waals surface area contributed by atoms with Gasteiger partial charge in [0.15, 0.2) is 0 Å². The van der Waals surface area contributed by atoms with Gasteiger partial charge in [-0.2, -0.15) is 11.8 Å². The van der Waals surface area contributed by atoms with E-state index in [4.69, 9.17) is 0 Å². The summed E-state index contributed by atoms with van der Waals surface area (Å²) in [7, 11) is 0. The summed E-state index contributed by atoms with van der Waals surface area (Å²) < 4.78 is 0. The summed E-state index contributed by atoms with van der Waals surface area (Å²) in [6.07, 6.45) is 5.72. The lowest BCUT2D eigenvalue weighted by Crippen LogP contribution is -2.42. The predicted molar refractivity (Wildman–Crippen MR) is 46.5 cm³/mol. The van der Waals surface area contributed by atoms with E-state index < -0.39 is 0 Å². The minimum absolute atomic E-state index is 0.857. The molecule has 0 aromatic heterocycles. The summed E-state index contributed by atoms with van der Waals surface area (Å²) in [6.45, 7) is 0. The van der Waals surface area contributed by atoms with Gasteiger partial charge in [-0.3, -0.25) is 0 Å². The highest BCUT2D eigenvalue weighted by Gasteiger charge is 2.22. The lowest BCUT2D eigenvalue weighted by atomic mass is 9.92. The Morgan fingerprint density at radius 2 is 2.00 bits per heavy atom. The lowest BCUT2D eigenvalue weighted by Gasteiger charge is -2.29. The molecule has 10 heavy (non-hydrogen) atoms. The van der Waals surface area contributed by atoms with Gasteiger partial charge in [-0.15, -0.1) is 0 Å². The molecule has 0 bridgehead atoms. The number of hydrogen-bond acceptors (Lipinski definition) is 2. The standard InChI is InChI=1S/C8H15NS/c1-2-7(3-1)9-8-4-5-10-6-8/h7-9H,1-6H2. The maximum absolute atomic E-state index is 3.69. The van der Waals surface area contributed by atoms with Gasteiger partial charge < -0.3 is 5.32 Å². The van der Waals surface area contributed by atoms with Gasteiger partial charge in [0.25, 0.3) is 0 Å². The molecule has 1 nitrogen and oxygen atoms in total. The van der Waals surface area contributed by atoms with E-state index in [2.05, 4.69) is 17.1 Å². The number of hydrogen-bond donors (Lipinski definition) is 1. The van der Waals surface area contributed by atoms with Crippen LogP contribution in [0.3, 0.4) is 0 Å². The summed E-state index contributed by atoms with van der Waals surface area (Å²) in [4.78, 5) is 0. The summed E-state index contributed by atoms with van der Waals surface area (Å²) >= 11 is 2.10. The third-order valence-corrected chi connectivity index (χ3v) is 3.67. The van der Waals surface area contributed by atoms with E-state index in [1.165, 1.54) is 37.2 Å². The average Bonchev–Trinajstić information content (AvgIpc) is 2.29. The van der Waals surface area contributed by atoms with Crippen LogP contribution in [0, 0.1) is 0 Å². The van der Waals surface area contributed by atoms with Crippen molar-refractivity contribution in [3.05, 3.63) is 0 Å². The molecule has 0 amide bonds. The molecule has 1 heterocycles. The van der Waals surface area contributed by atoms with Gasteiger partial charge in [-0.1, -0.05) is 6.42 Å². The van der Waals surface area contributed by atoms with Crippen LogP contribution in [-0.2, 0) is 0 Å². The van der Waals surface area contributed by atoms with Crippen molar-refractivity contribution in [2.24, 2.45) is 0 Å². The molecule has 0 aromatic carbocycles. The third-order valence-electron chi connectivity index (χ3n) is 2.51. The largest absolute Gasteiger partial charge is 0.310 e. The molecular weight excluding hydrogens is 142 g/mol. The third kappa shape index (κ3) is 1.48. The van der Waals surface area contributed by atoms with Crippen LogP contribution >= 0.6 is 11.8 Å². The van der Waals surface area contributed by atoms with Crippen LogP contribution in [0.4, 0.5) is 0 Å². The first kappa shape index (κ1) is 6.99. The van der Waals surface area contributed by atoms with Gasteiger partial charge >= 0.3 is 0 Å². The Kier molecular flexibility index (Phi) is 2.19.